The van der Waals surface area contributed by atoms with Crippen LogP contribution in [0.5, 0.6) is 0 Å². The number of thioether (sulfide) groups is 1. The van der Waals surface area contributed by atoms with Crippen LogP contribution in [-0.4, -0.2) is 27.2 Å². The Kier molecular flexibility index (Phi) is 5.51. The molecule has 128 valence electrons. The summed E-state index contributed by atoms with van der Waals surface area (Å²) >= 11 is 3.05. The SMILES string of the molecule is Cc1nc(SCC(=O)NC(C)(C#N)C(C)C)c2c(C)c(C)sc2n1. The van der Waals surface area contributed by atoms with Crippen LogP contribution in [0.25, 0.3) is 10.2 Å². The zero-order chi connectivity index (χ0) is 18.1. The minimum Gasteiger partial charge on any atom is -0.337 e. The van der Waals surface area contributed by atoms with Gasteiger partial charge in [0.15, 0.2) is 0 Å². The average molecular weight is 363 g/mol. The van der Waals surface area contributed by atoms with E-state index in [-0.39, 0.29) is 17.6 Å². The largest absolute Gasteiger partial charge is 0.337 e. The van der Waals surface area contributed by atoms with Crippen molar-refractivity contribution in [2.45, 2.75) is 52.1 Å². The van der Waals surface area contributed by atoms with Crippen LogP contribution in [0.4, 0.5) is 0 Å². The van der Waals surface area contributed by atoms with E-state index in [0.717, 1.165) is 15.2 Å². The molecule has 0 aliphatic rings. The van der Waals surface area contributed by atoms with Crippen molar-refractivity contribution < 1.29 is 4.79 Å². The summed E-state index contributed by atoms with van der Waals surface area (Å²) in [6.45, 7) is 11.6. The molecule has 2 aromatic heterocycles. The van der Waals surface area contributed by atoms with Crippen LogP contribution in [0.15, 0.2) is 5.03 Å². The molecule has 0 radical (unpaired) electrons. The second-order valence-electron chi connectivity index (χ2n) is 6.35. The Morgan fingerprint density at radius 1 is 1.38 bits per heavy atom. The molecule has 0 spiro atoms. The first-order valence-corrected chi connectivity index (χ1v) is 9.57. The first-order chi connectivity index (χ1) is 11.2. The fourth-order valence-electron chi connectivity index (χ4n) is 2.18. The molecule has 2 heterocycles. The molecule has 0 aliphatic heterocycles. The molecular weight excluding hydrogens is 340 g/mol. The first-order valence-electron chi connectivity index (χ1n) is 7.77. The number of fused-ring (bicyclic) bond motifs is 1. The Morgan fingerprint density at radius 2 is 2.04 bits per heavy atom. The highest BCUT2D eigenvalue weighted by Gasteiger charge is 2.30. The minimum atomic E-state index is -0.858. The van der Waals surface area contributed by atoms with Gasteiger partial charge in [-0.15, -0.1) is 11.3 Å². The van der Waals surface area contributed by atoms with Gasteiger partial charge in [-0.2, -0.15) is 5.26 Å². The summed E-state index contributed by atoms with van der Waals surface area (Å²) in [6, 6.07) is 2.19. The van der Waals surface area contributed by atoms with Gasteiger partial charge in [0.05, 0.1) is 11.8 Å². The number of hydrogen-bond acceptors (Lipinski definition) is 6. The van der Waals surface area contributed by atoms with Crippen molar-refractivity contribution in [2.24, 2.45) is 5.92 Å². The summed E-state index contributed by atoms with van der Waals surface area (Å²) in [5.74, 6) is 0.804. The van der Waals surface area contributed by atoms with Gasteiger partial charge in [-0.05, 0) is 39.2 Å². The van der Waals surface area contributed by atoms with Gasteiger partial charge in [0.25, 0.3) is 0 Å². The van der Waals surface area contributed by atoms with Crippen LogP contribution in [0.3, 0.4) is 0 Å². The third-order valence-corrected chi connectivity index (χ3v) is 6.31. The van der Waals surface area contributed by atoms with Crippen LogP contribution in [0, 0.1) is 38.0 Å². The molecule has 2 rings (SSSR count). The highest BCUT2D eigenvalue weighted by atomic mass is 32.2. The van der Waals surface area contributed by atoms with E-state index in [2.05, 4.69) is 35.2 Å². The maximum absolute atomic E-state index is 12.3. The van der Waals surface area contributed by atoms with E-state index in [1.54, 1.807) is 18.3 Å². The van der Waals surface area contributed by atoms with Crippen molar-refractivity contribution in [3.8, 4) is 6.07 Å². The first kappa shape index (κ1) is 18.7. The molecular formula is C17H22N4OS2. The van der Waals surface area contributed by atoms with E-state index in [1.807, 2.05) is 20.8 Å². The van der Waals surface area contributed by atoms with Crippen LogP contribution in [0.2, 0.25) is 0 Å². The van der Waals surface area contributed by atoms with Crippen LogP contribution >= 0.6 is 23.1 Å². The summed E-state index contributed by atoms with van der Waals surface area (Å²) in [5, 5.41) is 14.0. The van der Waals surface area contributed by atoms with Gasteiger partial charge < -0.3 is 5.32 Å². The monoisotopic (exact) mass is 362 g/mol. The molecule has 0 saturated carbocycles. The molecule has 7 heteroatoms. The number of rotatable bonds is 5. The molecule has 1 atom stereocenters. The Hall–Kier alpha value is -1.65. The lowest BCUT2D eigenvalue weighted by molar-refractivity contribution is -0.120. The number of nitrogens with zero attached hydrogens (tertiary/aromatic N) is 3. The van der Waals surface area contributed by atoms with Gasteiger partial charge in [0, 0.05) is 10.3 Å². The van der Waals surface area contributed by atoms with Crippen LogP contribution in [-0.2, 0) is 4.79 Å². The normalized spacial score (nSPS) is 13.8. The standard InChI is InChI=1S/C17H22N4OS2/c1-9(2)17(6,8-18)21-13(22)7-23-15-14-10(3)11(4)24-16(14)20-12(5)19-15/h9H,7H2,1-6H3,(H,21,22). The third kappa shape index (κ3) is 3.70. The fraction of sp³-hybridized carbons (Fsp3) is 0.529. The third-order valence-electron chi connectivity index (χ3n) is 4.23. The number of amides is 1. The quantitative estimate of drug-likeness (QED) is 0.647. The van der Waals surface area contributed by atoms with Gasteiger partial charge >= 0.3 is 0 Å². The van der Waals surface area contributed by atoms with E-state index in [1.165, 1.54) is 22.2 Å². The predicted octanol–water partition coefficient (Wildman–Crippen LogP) is 3.76. The van der Waals surface area contributed by atoms with Gasteiger partial charge in [-0.25, -0.2) is 9.97 Å². The maximum Gasteiger partial charge on any atom is 0.231 e. The Labute approximate surface area is 150 Å². The molecule has 0 saturated heterocycles. The number of aromatic nitrogens is 2. The Morgan fingerprint density at radius 3 is 2.62 bits per heavy atom. The number of hydrogen-bond donors (Lipinski definition) is 1. The lowest BCUT2D eigenvalue weighted by Crippen LogP contribution is -2.49. The molecule has 1 N–H and O–H groups in total. The highest BCUT2D eigenvalue weighted by Crippen LogP contribution is 2.35. The number of thiophene rings is 1. The molecule has 0 fully saturated rings. The molecule has 0 aliphatic carbocycles. The topological polar surface area (TPSA) is 78.7 Å². The number of nitriles is 1. The van der Waals surface area contributed by atoms with E-state index in [4.69, 9.17) is 0 Å². The van der Waals surface area contributed by atoms with Gasteiger partial charge in [-0.1, -0.05) is 25.6 Å². The Balaban J connectivity index is 2.19. The van der Waals surface area contributed by atoms with Gasteiger partial charge in [0.2, 0.25) is 5.91 Å². The van der Waals surface area contributed by atoms with Gasteiger partial charge in [-0.3, -0.25) is 4.79 Å². The van der Waals surface area contributed by atoms with E-state index in [9.17, 15) is 10.1 Å². The maximum atomic E-state index is 12.3. The smallest absolute Gasteiger partial charge is 0.231 e. The zero-order valence-corrected chi connectivity index (χ0v) is 16.5. The summed E-state index contributed by atoms with van der Waals surface area (Å²) in [6.07, 6.45) is 0. The van der Waals surface area contributed by atoms with Crippen molar-refractivity contribution in [1.29, 1.82) is 5.26 Å². The molecule has 24 heavy (non-hydrogen) atoms. The number of aryl methyl sites for hydroxylation is 3. The fourth-order valence-corrected chi connectivity index (χ4v) is 4.25. The van der Waals surface area contributed by atoms with Crippen molar-refractivity contribution >= 4 is 39.2 Å². The van der Waals surface area contributed by atoms with Gasteiger partial charge in [0.1, 0.15) is 21.2 Å². The summed E-state index contributed by atoms with van der Waals surface area (Å²) in [7, 11) is 0. The van der Waals surface area contributed by atoms with E-state index in [0.29, 0.717) is 5.82 Å². The second kappa shape index (κ2) is 7.08. The van der Waals surface area contributed by atoms with Crippen molar-refractivity contribution in [3.63, 3.8) is 0 Å². The van der Waals surface area contributed by atoms with Crippen LogP contribution in [0.1, 0.15) is 37.0 Å². The zero-order valence-electron chi connectivity index (χ0n) is 14.9. The second-order valence-corrected chi connectivity index (χ2v) is 8.51. The Bertz CT molecular complexity index is 822. The molecule has 0 bridgehead atoms. The van der Waals surface area contributed by atoms with E-state index >= 15 is 0 Å². The minimum absolute atomic E-state index is 0.0335. The average Bonchev–Trinajstić information content (AvgIpc) is 2.79. The lowest BCUT2D eigenvalue weighted by atomic mass is 9.90. The number of nitrogens with one attached hydrogen (secondary N) is 1. The molecule has 0 aromatic carbocycles. The van der Waals surface area contributed by atoms with Crippen molar-refractivity contribution in [3.05, 3.63) is 16.3 Å². The summed E-state index contributed by atoms with van der Waals surface area (Å²) in [5.41, 5.74) is 0.311. The molecule has 1 amide bonds. The van der Waals surface area contributed by atoms with E-state index < -0.39 is 5.54 Å². The molecule has 1 unspecified atom stereocenters. The summed E-state index contributed by atoms with van der Waals surface area (Å²) < 4.78 is 0. The molecule has 5 nitrogen and oxygen atoms in total. The highest BCUT2D eigenvalue weighted by molar-refractivity contribution is 8.00. The number of carbonyl (C=O) groups is 1. The van der Waals surface area contributed by atoms with Crippen LogP contribution < -0.4 is 5.32 Å². The van der Waals surface area contributed by atoms with Crippen molar-refractivity contribution in [1.82, 2.24) is 15.3 Å². The summed E-state index contributed by atoms with van der Waals surface area (Å²) in [4.78, 5) is 23.5. The molecule has 2 aromatic rings. The number of carbonyl (C=O) groups excluding carboxylic acids is 1. The van der Waals surface area contributed by atoms with Crippen molar-refractivity contribution in [2.75, 3.05) is 5.75 Å². The predicted molar refractivity (Wildman–Crippen MR) is 99.3 cm³/mol. The lowest BCUT2D eigenvalue weighted by Gasteiger charge is -2.27.